The molecule has 3 nitrogen and oxygen atoms in total. The normalized spacial score (nSPS) is 11.1. The molecule has 1 N–H and O–H groups in total. The van der Waals surface area contributed by atoms with Crippen LogP contribution in [0.25, 0.3) is 5.69 Å². The van der Waals surface area contributed by atoms with Crippen LogP contribution in [0.1, 0.15) is 37.9 Å². The summed E-state index contributed by atoms with van der Waals surface area (Å²) in [6.07, 6.45) is 0.767. The topological polar surface area (TPSA) is 37.8 Å². The van der Waals surface area contributed by atoms with Gasteiger partial charge in [-0.15, -0.1) is 0 Å². The molecule has 0 bridgehead atoms. The summed E-state index contributed by atoms with van der Waals surface area (Å²) in [6, 6.07) is 9.68. The maximum absolute atomic E-state index is 12.3. The van der Waals surface area contributed by atoms with E-state index in [1.54, 1.807) is 4.68 Å². The molecule has 0 aliphatic carbocycles. The van der Waals surface area contributed by atoms with Crippen molar-refractivity contribution in [2.24, 2.45) is 0 Å². The number of para-hydroxylation sites is 1. The van der Waals surface area contributed by atoms with Crippen LogP contribution < -0.4 is 5.56 Å². The monoisotopic (exact) mass is 230 g/mol. The minimum absolute atomic E-state index is 0.0717. The van der Waals surface area contributed by atoms with E-state index in [-0.39, 0.29) is 5.56 Å². The molecule has 2 rings (SSSR count). The Bertz CT molecular complexity index is 549. The number of aromatic amines is 1. The molecule has 1 aromatic carbocycles. The highest BCUT2D eigenvalue weighted by molar-refractivity contribution is 5.33. The molecule has 0 radical (unpaired) electrons. The lowest BCUT2D eigenvalue weighted by Crippen LogP contribution is -2.16. The van der Waals surface area contributed by atoms with Crippen molar-refractivity contribution in [1.82, 2.24) is 9.78 Å². The van der Waals surface area contributed by atoms with Crippen LogP contribution in [0, 0.1) is 0 Å². The van der Waals surface area contributed by atoms with Crippen molar-refractivity contribution in [3.63, 3.8) is 0 Å². The molecule has 0 unspecified atom stereocenters. The Kier molecular flexibility index (Phi) is 3.18. The second-order valence-corrected chi connectivity index (χ2v) is 4.49. The Balaban J connectivity index is 2.61. The van der Waals surface area contributed by atoms with E-state index in [2.05, 4.69) is 18.9 Å². The number of benzene rings is 1. The number of aromatic nitrogens is 2. The lowest BCUT2D eigenvalue weighted by molar-refractivity contribution is 0.757. The Morgan fingerprint density at radius 3 is 2.35 bits per heavy atom. The van der Waals surface area contributed by atoms with E-state index in [0.717, 1.165) is 23.4 Å². The maximum Gasteiger partial charge on any atom is 0.274 e. The number of nitrogens with zero attached hydrogens (tertiary/aromatic N) is 1. The molecule has 0 atom stereocenters. The minimum Gasteiger partial charge on any atom is -0.294 e. The van der Waals surface area contributed by atoms with Crippen molar-refractivity contribution in [2.45, 2.75) is 33.1 Å². The minimum atomic E-state index is 0.0717. The smallest absolute Gasteiger partial charge is 0.274 e. The van der Waals surface area contributed by atoms with Crippen molar-refractivity contribution in [3.8, 4) is 5.69 Å². The first-order valence-corrected chi connectivity index (χ1v) is 6.04. The standard InChI is InChI=1S/C14H18N2O/c1-4-12-13(10(2)3)15-16(14(12)17)11-8-6-5-7-9-11/h5-10,15H,4H2,1-3H3. The first kappa shape index (κ1) is 11.7. The summed E-state index contributed by atoms with van der Waals surface area (Å²) in [4.78, 5) is 12.3. The molecule has 0 saturated heterocycles. The zero-order valence-corrected chi connectivity index (χ0v) is 10.5. The van der Waals surface area contributed by atoms with Crippen molar-refractivity contribution < 1.29 is 0 Å². The zero-order chi connectivity index (χ0) is 12.4. The van der Waals surface area contributed by atoms with E-state index in [1.807, 2.05) is 37.3 Å². The largest absolute Gasteiger partial charge is 0.294 e. The third-order valence-corrected chi connectivity index (χ3v) is 2.96. The van der Waals surface area contributed by atoms with Gasteiger partial charge in [0, 0.05) is 11.3 Å². The summed E-state index contributed by atoms with van der Waals surface area (Å²) in [5, 5.41) is 3.22. The van der Waals surface area contributed by atoms with E-state index in [9.17, 15) is 4.79 Å². The van der Waals surface area contributed by atoms with Gasteiger partial charge >= 0.3 is 0 Å². The molecule has 1 aromatic heterocycles. The number of hydrogen-bond donors (Lipinski definition) is 1. The fourth-order valence-electron chi connectivity index (χ4n) is 2.07. The van der Waals surface area contributed by atoms with Crippen LogP contribution >= 0.6 is 0 Å². The van der Waals surface area contributed by atoms with E-state index < -0.39 is 0 Å². The summed E-state index contributed by atoms with van der Waals surface area (Å²) >= 11 is 0. The van der Waals surface area contributed by atoms with E-state index >= 15 is 0 Å². The Morgan fingerprint density at radius 1 is 1.24 bits per heavy atom. The fraction of sp³-hybridized carbons (Fsp3) is 0.357. The Labute approximate surface area is 101 Å². The van der Waals surface area contributed by atoms with Crippen LogP contribution in [0.3, 0.4) is 0 Å². The summed E-state index contributed by atoms with van der Waals surface area (Å²) in [7, 11) is 0. The van der Waals surface area contributed by atoms with Gasteiger partial charge in [-0.05, 0) is 24.5 Å². The van der Waals surface area contributed by atoms with Gasteiger partial charge in [-0.2, -0.15) is 0 Å². The third kappa shape index (κ3) is 2.05. The van der Waals surface area contributed by atoms with Crippen LogP contribution in [0.5, 0.6) is 0 Å². The van der Waals surface area contributed by atoms with Crippen molar-refractivity contribution in [2.75, 3.05) is 0 Å². The van der Waals surface area contributed by atoms with Gasteiger partial charge in [0.1, 0.15) is 0 Å². The summed E-state index contributed by atoms with van der Waals surface area (Å²) in [5.74, 6) is 0.336. The molecule has 0 spiro atoms. The zero-order valence-electron chi connectivity index (χ0n) is 10.5. The lowest BCUT2D eigenvalue weighted by atomic mass is 10.0. The molecule has 17 heavy (non-hydrogen) atoms. The molecule has 3 heteroatoms. The third-order valence-electron chi connectivity index (χ3n) is 2.96. The molecule has 0 aliphatic rings. The molecule has 2 aromatic rings. The molecule has 90 valence electrons. The van der Waals surface area contributed by atoms with Gasteiger partial charge in [-0.3, -0.25) is 9.89 Å². The fourth-order valence-corrected chi connectivity index (χ4v) is 2.07. The van der Waals surface area contributed by atoms with Gasteiger partial charge in [0.15, 0.2) is 0 Å². The van der Waals surface area contributed by atoms with Crippen molar-refractivity contribution in [3.05, 3.63) is 51.9 Å². The number of H-pyrrole nitrogens is 1. The molecule has 0 fully saturated rings. The van der Waals surface area contributed by atoms with Crippen LogP contribution in [0.2, 0.25) is 0 Å². The van der Waals surface area contributed by atoms with Gasteiger partial charge in [0.05, 0.1) is 5.69 Å². The van der Waals surface area contributed by atoms with Crippen molar-refractivity contribution in [1.29, 1.82) is 0 Å². The second kappa shape index (κ2) is 4.62. The molecular formula is C14H18N2O. The quantitative estimate of drug-likeness (QED) is 0.865. The van der Waals surface area contributed by atoms with Gasteiger partial charge in [-0.1, -0.05) is 39.0 Å². The summed E-state index contributed by atoms with van der Waals surface area (Å²) < 4.78 is 1.63. The second-order valence-electron chi connectivity index (χ2n) is 4.49. The average Bonchev–Trinajstić information content (AvgIpc) is 2.67. The SMILES string of the molecule is CCc1c(C(C)C)[nH]n(-c2ccccc2)c1=O. The van der Waals surface area contributed by atoms with Gasteiger partial charge in [-0.25, -0.2) is 4.68 Å². The first-order valence-electron chi connectivity index (χ1n) is 6.04. The van der Waals surface area contributed by atoms with Gasteiger partial charge in [0.2, 0.25) is 0 Å². The average molecular weight is 230 g/mol. The Hall–Kier alpha value is -1.77. The Morgan fingerprint density at radius 2 is 1.88 bits per heavy atom. The van der Waals surface area contributed by atoms with E-state index in [4.69, 9.17) is 0 Å². The summed E-state index contributed by atoms with van der Waals surface area (Å²) in [5.41, 5.74) is 2.90. The van der Waals surface area contributed by atoms with Crippen molar-refractivity contribution >= 4 is 0 Å². The number of rotatable bonds is 3. The van der Waals surface area contributed by atoms with Gasteiger partial charge in [0.25, 0.3) is 5.56 Å². The highest BCUT2D eigenvalue weighted by atomic mass is 16.1. The van der Waals surface area contributed by atoms with E-state index in [1.165, 1.54) is 0 Å². The lowest BCUT2D eigenvalue weighted by Gasteiger charge is -2.04. The maximum atomic E-state index is 12.3. The first-order chi connectivity index (χ1) is 8.15. The predicted molar refractivity (Wildman–Crippen MR) is 69.9 cm³/mol. The van der Waals surface area contributed by atoms with Gasteiger partial charge < -0.3 is 0 Å². The highest BCUT2D eigenvalue weighted by Gasteiger charge is 2.15. The molecule has 1 heterocycles. The summed E-state index contributed by atoms with van der Waals surface area (Å²) in [6.45, 7) is 6.21. The van der Waals surface area contributed by atoms with E-state index in [0.29, 0.717) is 5.92 Å². The number of hydrogen-bond acceptors (Lipinski definition) is 1. The van der Waals surface area contributed by atoms with Crippen LogP contribution in [0.4, 0.5) is 0 Å². The highest BCUT2D eigenvalue weighted by Crippen LogP contribution is 2.16. The van der Waals surface area contributed by atoms with Crippen LogP contribution in [-0.4, -0.2) is 9.78 Å². The molecular weight excluding hydrogens is 212 g/mol. The number of nitrogens with one attached hydrogen (secondary N) is 1. The molecule has 0 aliphatic heterocycles. The van der Waals surface area contributed by atoms with Crippen LogP contribution in [-0.2, 0) is 6.42 Å². The van der Waals surface area contributed by atoms with Crippen LogP contribution in [0.15, 0.2) is 35.1 Å². The molecule has 0 amide bonds. The predicted octanol–water partition coefficient (Wildman–Crippen LogP) is 2.85. The molecule has 0 saturated carbocycles.